The van der Waals surface area contributed by atoms with Crippen LogP contribution in [0.25, 0.3) is 0 Å². The van der Waals surface area contributed by atoms with Gasteiger partial charge >= 0.3 is 0 Å². The molecule has 0 amide bonds. The Morgan fingerprint density at radius 3 is 2.58 bits per heavy atom. The van der Waals surface area contributed by atoms with E-state index in [0.717, 1.165) is 17.7 Å². The van der Waals surface area contributed by atoms with Gasteiger partial charge in [-0.05, 0) is 43.2 Å². The van der Waals surface area contributed by atoms with Gasteiger partial charge in [-0.15, -0.1) is 0 Å². The highest BCUT2D eigenvalue weighted by atomic mass is 19.1. The van der Waals surface area contributed by atoms with E-state index in [1.165, 1.54) is 12.1 Å². The van der Waals surface area contributed by atoms with Gasteiger partial charge in [0.25, 0.3) is 0 Å². The van der Waals surface area contributed by atoms with Gasteiger partial charge in [-0.3, -0.25) is 0 Å². The number of hydrogen-bond acceptors (Lipinski definition) is 2. The highest BCUT2D eigenvalue weighted by molar-refractivity contribution is 5.42. The van der Waals surface area contributed by atoms with Gasteiger partial charge in [0.2, 0.25) is 0 Å². The van der Waals surface area contributed by atoms with E-state index < -0.39 is 0 Å². The molecule has 0 spiro atoms. The van der Waals surface area contributed by atoms with Gasteiger partial charge in [-0.1, -0.05) is 25.1 Å². The molecule has 0 aliphatic rings. The van der Waals surface area contributed by atoms with Gasteiger partial charge in [-0.2, -0.15) is 0 Å². The summed E-state index contributed by atoms with van der Waals surface area (Å²) in [6.45, 7) is 3.88. The van der Waals surface area contributed by atoms with Crippen molar-refractivity contribution in [2.24, 2.45) is 5.73 Å². The SMILES string of the molecule is CCc1ccccc1Oc1ccc(F)cc1C(C)N. The van der Waals surface area contributed by atoms with Crippen LogP contribution >= 0.6 is 0 Å². The topological polar surface area (TPSA) is 35.2 Å². The third-order valence-electron chi connectivity index (χ3n) is 3.04. The second-order valence-corrected chi connectivity index (χ2v) is 4.53. The standard InChI is InChI=1S/C16H18FNO/c1-3-12-6-4-5-7-15(12)19-16-9-8-13(17)10-14(16)11(2)18/h4-11H,3,18H2,1-2H3. The molecule has 0 saturated heterocycles. The van der Waals surface area contributed by atoms with Gasteiger partial charge < -0.3 is 10.5 Å². The maximum atomic E-state index is 13.3. The highest BCUT2D eigenvalue weighted by Crippen LogP contribution is 2.31. The maximum absolute atomic E-state index is 13.3. The molecule has 0 aliphatic carbocycles. The molecule has 2 N–H and O–H groups in total. The molecule has 0 saturated carbocycles. The Hall–Kier alpha value is -1.87. The zero-order valence-electron chi connectivity index (χ0n) is 11.2. The summed E-state index contributed by atoms with van der Waals surface area (Å²) < 4.78 is 19.2. The highest BCUT2D eigenvalue weighted by Gasteiger charge is 2.11. The lowest BCUT2D eigenvalue weighted by atomic mass is 10.1. The van der Waals surface area contributed by atoms with E-state index in [-0.39, 0.29) is 11.9 Å². The second-order valence-electron chi connectivity index (χ2n) is 4.53. The Labute approximate surface area is 113 Å². The Balaban J connectivity index is 2.38. The third-order valence-corrected chi connectivity index (χ3v) is 3.04. The number of para-hydroxylation sites is 1. The molecule has 0 aromatic heterocycles. The molecule has 0 fully saturated rings. The first-order valence-electron chi connectivity index (χ1n) is 6.42. The maximum Gasteiger partial charge on any atom is 0.132 e. The van der Waals surface area contributed by atoms with E-state index in [0.29, 0.717) is 11.3 Å². The van der Waals surface area contributed by atoms with Gasteiger partial charge in [0.15, 0.2) is 0 Å². The lowest BCUT2D eigenvalue weighted by Gasteiger charge is -2.15. The number of benzene rings is 2. The molecule has 1 unspecified atom stereocenters. The second kappa shape index (κ2) is 5.85. The molecular weight excluding hydrogens is 241 g/mol. The Kier molecular flexibility index (Phi) is 4.17. The average molecular weight is 259 g/mol. The van der Waals surface area contributed by atoms with Crippen LogP contribution in [0.5, 0.6) is 11.5 Å². The van der Waals surface area contributed by atoms with E-state index in [1.807, 2.05) is 31.2 Å². The first kappa shape index (κ1) is 13.6. The summed E-state index contributed by atoms with van der Waals surface area (Å²) in [5.74, 6) is 1.10. The van der Waals surface area contributed by atoms with Crippen LogP contribution in [0.1, 0.15) is 31.0 Å². The van der Waals surface area contributed by atoms with E-state index in [2.05, 4.69) is 6.92 Å². The predicted molar refractivity (Wildman–Crippen MR) is 74.9 cm³/mol. The first-order chi connectivity index (χ1) is 9.11. The fraction of sp³-hybridized carbons (Fsp3) is 0.250. The van der Waals surface area contributed by atoms with Gasteiger partial charge in [-0.25, -0.2) is 4.39 Å². The average Bonchev–Trinajstić information content (AvgIpc) is 2.41. The van der Waals surface area contributed by atoms with Crippen molar-refractivity contribution in [2.75, 3.05) is 0 Å². The number of halogens is 1. The summed E-state index contributed by atoms with van der Waals surface area (Å²) in [6, 6.07) is 12.0. The van der Waals surface area contributed by atoms with Crippen molar-refractivity contribution in [2.45, 2.75) is 26.3 Å². The minimum Gasteiger partial charge on any atom is -0.457 e. The van der Waals surface area contributed by atoms with Crippen molar-refractivity contribution in [1.29, 1.82) is 0 Å². The van der Waals surface area contributed by atoms with E-state index in [1.54, 1.807) is 6.07 Å². The van der Waals surface area contributed by atoms with E-state index in [4.69, 9.17) is 10.5 Å². The van der Waals surface area contributed by atoms with Crippen molar-refractivity contribution in [3.8, 4) is 11.5 Å². The molecule has 0 bridgehead atoms. The van der Waals surface area contributed by atoms with Crippen LogP contribution in [0.4, 0.5) is 4.39 Å². The molecule has 1 atom stereocenters. The summed E-state index contributed by atoms with van der Waals surface area (Å²) in [7, 11) is 0. The van der Waals surface area contributed by atoms with Crippen molar-refractivity contribution in [3.05, 3.63) is 59.4 Å². The quantitative estimate of drug-likeness (QED) is 0.893. The zero-order valence-corrected chi connectivity index (χ0v) is 11.2. The van der Waals surface area contributed by atoms with Crippen LogP contribution in [-0.2, 0) is 6.42 Å². The lowest BCUT2D eigenvalue weighted by molar-refractivity contribution is 0.464. The molecule has 2 aromatic carbocycles. The molecule has 19 heavy (non-hydrogen) atoms. The first-order valence-corrected chi connectivity index (χ1v) is 6.42. The zero-order chi connectivity index (χ0) is 13.8. The molecule has 2 nitrogen and oxygen atoms in total. The molecule has 0 heterocycles. The summed E-state index contributed by atoms with van der Waals surface area (Å²) in [5.41, 5.74) is 7.65. The van der Waals surface area contributed by atoms with Crippen molar-refractivity contribution < 1.29 is 9.13 Å². The number of aryl methyl sites for hydroxylation is 1. The fourth-order valence-corrected chi connectivity index (χ4v) is 1.98. The van der Waals surface area contributed by atoms with Gasteiger partial charge in [0.1, 0.15) is 17.3 Å². The summed E-state index contributed by atoms with van der Waals surface area (Å²) >= 11 is 0. The van der Waals surface area contributed by atoms with Gasteiger partial charge in [0.05, 0.1) is 0 Å². The lowest BCUT2D eigenvalue weighted by Crippen LogP contribution is -2.07. The largest absolute Gasteiger partial charge is 0.457 e. The third kappa shape index (κ3) is 3.12. The van der Waals surface area contributed by atoms with Crippen LogP contribution in [0.15, 0.2) is 42.5 Å². The minimum absolute atomic E-state index is 0.278. The number of ether oxygens (including phenoxy) is 1. The van der Waals surface area contributed by atoms with E-state index in [9.17, 15) is 4.39 Å². The Morgan fingerprint density at radius 2 is 1.89 bits per heavy atom. The molecule has 3 heteroatoms. The molecular formula is C16H18FNO. The normalized spacial score (nSPS) is 12.2. The van der Waals surface area contributed by atoms with Crippen molar-refractivity contribution in [3.63, 3.8) is 0 Å². The molecule has 0 aliphatic heterocycles. The fourth-order valence-electron chi connectivity index (χ4n) is 1.98. The predicted octanol–water partition coefficient (Wildman–Crippen LogP) is 4.20. The smallest absolute Gasteiger partial charge is 0.132 e. The number of hydrogen-bond donors (Lipinski definition) is 1. The molecule has 2 aromatic rings. The molecule has 0 radical (unpaired) electrons. The summed E-state index contributed by atoms with van der Waals surface area (Å²) in [5, 5.41) is 0. The number of rotatable bonds is 4. The molecule has 100 valence electrons. The molecule has 2 rings (SSSR count). The van der Waals surface area contributed by atoms with E-state index >= 15 is 0 Å². The van der Waals surface area contributed by atoms with Crippen molar-refractivity contribution >= 4 is 0 Å². The Morgan fingerprint density at radius 1 is 1.16 bits per heavy atom. The monoisotopic (exact) mass is 259 g/mol. The van der Waals surface area contributed by atoms with Crippen LogP contribution in [0.3, 0.4) is 0 Å². The minimum atomic E-state index is -0.302. The van der Waals surface area contributed by atoms with Crippen LogP contribution in [0, 0.1) is 5.82 Å². The summed E-state index contributed by atoms with van der Waals surface area (Å²) in [6.07, 6.45) is 0.880. The van der Waals surface area contributed by atoms with Crippen molar-refractivity contribution in [1.82, 2.24) is 0 Å². The number of nitrogens with two attached hydrogens (primary N) is 1. The van der Waals surface area contributed by atoms with Crippen LogP contribution in [0.2, 0.25) is 0 Å². The summed E-state index contributed by atoms with van der Waals surface area (Å²) in [4.78, 5) is 0. The van der Waals surface area contributed by atoms with Crippen LogP contribution < -0.4 is 10.5 Å². The Bertz CT molecular complexity index is 566. The van der Waals surface area contributed by atoms with Gasteiger partial charge in [0, 0.05) is 11.6 Å². The van der Waals surface area contributed by atoms with Crippen LogP contribution in [-0.4, -0.2) is 0 Å².